The number of rotatable bonds is 3. The van der Waals surface area contributed by atoms with Gasteiger partial charge in [0.05, 0.1) is 6.10 Å². The second-order valence-corrected chi connectivity index (χ2v) is 5.91. The summed E-state index contributed by atoms with van der Waals surface area (Å²) < 4.78 is 0. The van der Waals surface area contributed by atoms with Gasteiger partial charge < -0.3 is 10.4 Å². The first kappa shape index (κ1) is 12.0. The molecule has 1 fully saturated rings. The van der Waals surface area contributed by atoms with Crippen LogP contribution < -0.4 is 5.32 Å². The van der Waals surface area contributed by atoms with Gasteiger partial charge in [-0.05, 0) is 30.6 Å². The second-order valence-electron chi connectivity index (χ2n) is 5.91. The summed E-state index contributed by atoms with van der Waals surface area (Å²) >= 11 is 0. The predicted octanol–water partition coefficient (Wildman–Crippen LogP) is 2.17. The molecular weight excluding hydrogens is 174 g/mol. The molecule has 1 saturated carbocycles. The molecule has 0 saturated heterocycles. The standard InChI is InChI=1S/C12H25NO/c1-9-5-6-10(7-9)13-8-11(14)12(2,3)4/h9-11,13-14H,5-8H2,1-4H3. The Bertz CT molecular complexity index is 174. The maximum absolute atomic E-state index is 9.85. The number of aliphatic hydroxyl groups excluding tert-OH is 1. The molecule has 1 rings (SSSR count). The number of aliphatic hydroxyl groups is 1. The van der Waals surface area contributed by atoms with E-state index in [1.54, 1.807) is 0 Å². The van der Waals surface area contributed by atoms with Crippen molar-refractivity contribution in [3.8, 4) is 0 Å². The van der Waals surface area contributed by atoms with Gasteiger partial charge in [-0.1, -0.05) is 27.7 Å². The van der Waals surface area contributed by atoms with E-state index in [0.717, 1.165) is 12.5 Å². The Kier molecular flexibility index (Phi) is 3.96. The van der Waals surface area contributed by atoms with Crippen LogP contribution in [-0.2, 0) is 0 Å². The quantitative estimate of drug-likeness (QED) is 0.730. The first-order valence-corrected chi connectivity index (χ1v) is 5.81. The fourth-order valence-electron chi connectivity index (χ4n) is 1.98. The van der Waals surface area contributed by atoms with Gasteiger partial charge >= 0.3 is 0 Å². The molecule has 0 aromatic heterocycles. The fourth-order valence-corrected chi connectivity index (χ4v) is 1.98. The molecule has 3 unspecified atom stereocenters. The van der Waals surface area contributed by atoms with Gasteiger partial charge in [-0.25, -0.2) is 0 Å². The average molecular weight is 199 g/mol. The van der Waals surface area contributed by atoms with E-state index < -0.39 is 0 Å². The van der Waals surface area contributed by atoms with Crippen molar-refractivity contribution in [3.05, 3.63) is 0 Å². The van der Waals surface area contributed by atoms with Gasteiger partial charge in [0.25, 0.3) is 0 Å². The average Bonchev–Trinajstić information content (AvgIpc) is 2.45. The Hall–Kier alpha value is -0.0800. The van der Waals surface area contributed by atoms with Crippen LogP contribution in [0, 0.1) is 11.3 Å². The zero-order valence-electron chi connectivity index (χ0n) is 10.0. The van der Waals surface area contributed by atoms with Crippen LogP contribution in [0.5, 0.6) is 0 Å². The van der Waals surface area contributed by atoms with E-state index in [2.05, 4.69) is 33.0 Å². The largest absolute Gasteiger partial charge is 0.391 e. The summed E-state index contributed by atoms with van der Waals surface area (Å²) in [6.07, 6.45) is 3.65. The van der Waals surface area contributed by atoms with Crippen LogP contribution in [0.15, 0.2) is 0 Å². The van der Waals surface area contributed by atoms with Gasteiger partial charge in [0.15, 0.2) is 0 Å². The van der Waals surface area contributed by atoms with Gasteiger partial charge in [0, 0.05) is 12.6 Å². The number of hydrogen-bond donors (Lipinski definition) is 2. The minimum Gasteiger partial charge on any atom is -0.391 e. The minimum absolute atomic E-state index is 0.00276. The van der Waals surface area contributed by atoms with Crippen molar-refractivity contribution >= 4 is 0 Å². The molecule has 3 atom stereocenters. The second kappa shape index (κ2) is 4.63. The van der Waals surface area contributed by atoms with Gasteiger partial charge in [-0.15, -0.1) is 0 Å². The van der Waals surface area contributed by atoms with Crippen molar-refractivity contribution in [1.29, 1.82) is 0 Å². The fraction of sp³-hybridized carbons (Fsp3) is 1.00. The Labute approximate surface area is 88.1 Å². The van der Waals surface area contributed by atoms with Crippen molar-refractivity contribution in [2.45, 2.75) is 59.1 Å². The number of nitrogens with one attached hydrogen (secondary N) is 1. The summed E-state index contributed by atoms with van der Waals surface area (Å²) in [4.78, 5) is 0. The molecule has 0 spiro atoms. The zero-order valence-corrected chi connectivity index (χ0v) is 10.0. The molecule has 1 aliphatic rings. The molecule has 0 bridgehead atoms. The third-order valence-electron chi connectivity index (χ3n) is 3.29. The van der Waals surface area contributed by atoms with Crippen molar-refractivity contribution in [1.82, 2.24) is 5.32 Å². The highest BCUT2D eigenvalue weighted by Gasteiger charge is 2.25. The highest BCUT2D eigenvalue weighted by atomic mass is 16.3. The van der Waals surface area contributed by atoms with Crippen LogP contribution in [0.2, 0.25) is 0 Å². The van der Waals surface area contributed by atoms with Crippen LogP contribution in [0.25, 0.3) is 0 Å². The van der Waals surface area contributed by atoms with Crippen molar-refractivity contribution < 1.29 is 5.11 Å². The molecule has 2 nitrogen and oxygen atoms in total. The van der Waals surface area contributed by atoms with Crippen LogP contribution in [-0.4, -0.2) is 23.8 Å². The lowest BCUT2D eigenvalue weighted by Gasteiger charge is -2.27. The normalized spacial score (nSPS) is 30.6. The molecule has 0 heterocycles. The van der Waals surface area contributed by atoms with E-state index in [1.807, 2.05) is 0 Å². The van der Waals surface area contributed by atoms with E-state index in [1.165, 1.54) is 19.3 Å². The minimum atomic E-state index is -0.238. The summed E-state index contributed by atoms with van der Waals surface area (Å²) in [6.45, 7) is 9.28. The smallest absolute Gasteiger partial charge is 0.0712 e. The Balaban J connectivity index is 2.21. The van der Waals surface area contributed by atoms with E-state index in [9.17, 15) is 5.11 Å². The van der Waals surface area contributed by atoms with Crippen molar-refractivity contribution in [2.24, 2.45) is 11.3 Å². The first-order valence-electron chi connectivity index (χ1n) is 5.81. The van der Waals surface area contributed by atoms with Crippen LogP contribution in [0.3, 0.4) is 0 Å². The molecule has 0 amide bonds. The molecular formula is C12H25NO. The summed E-state index contributed by atoms with van der Waals surface area (Å²) in [5.74, 6) is 0.860. The predicted molar refractivity (Wildman–Crippen MR) is 60.3 cm³/mol. The summed E-state index contributed by atoms with van der Waals surface area (Å²) in [6, 6.07) is 0.641. The van der Waals surface area contributed by atoms with Crippen LogP contribution >= 0.6 is 0 Å². The monoisotopic (exact) mass is 199 g/mol. The van der Waals surface area contributed by atoms with E-state index in [4.69, 9.17) is 0 Å². The van der Waals surface area contributed by atoms with Crippen LogP contribution in [0.1, 0.15) is 47.0 Å². The zero-order chi connectivity index (χ0) is 10.8. The molecule has 1 aliphatic carbocycles. The lowest BCUT2D eigenvalue weighted by molar-refractivity contribution is 0.0605. The van der Waals surface area contributed by atoms with Gasteiger partial charge in [0.1, 0.15) is 0 Å². The Morgan fingerprint density at radius 2 is 2.00 bits per heavy atom. The van der Waals surface area contributed by atoms with E-state index in [-0.39, 0.29) is 11.5 Å². The topological polar surface area (TPSA) is 32.3 Å². The molecule has 0 aromatic rings. The summed E-state index contributed by atoms with van der Waals surface area (Å²) in [5.41, 5.74) is -0.00276. The molecule has 0 aromatic carbocycles. The van der Waals surface area contributed by atoms with Crippen molar-refractivity contribution in [2.75, 3.05) is 6.54 Å². The molecule has 0 radical (unpaired) electrons. The molecule has 14 heavy (non-hydrogen) atoms. The van der Waals surface area contributed by atoms with Gasteiger partial charge in [-0.3, -0.25) is 0 Å². The highest BCUT2D eigenvalue weighted by molar-refractivity contribution is 4.81. The molecule has 0 aliphatic heterocycles. The van der Waals surface area contributed by atoms with E-state index in [0.29, 0.717) is 6.04 Å². The van der Waals surface area contributed by atoms with Crippen LogP contribution in [0.4, 0.5) is 0 Å². The van der Waals surface area contributed by atoms with Gasteiger partial charge in [0.2, 0.25) is 0 Å². The summed E-state index contributed by atoms with van der Waals surface area (Å²) in [7, 11) is 0. The number of hydrogen-bond acceptors (Lipinski definition) is 2. The molecule has 2 heteroatoms. The first-order chi connectivity index (χ1) is 6.39. The maximum Gasteiger partial charge on any atom is 0.0712 e. The Morgan fingerprint density at radius 3 is 2.43 bits per heavy atom. The Morgan fingerprint density at radius 1 is 1.36 bits per heavy atom. The summed E-state index contributed by atoms with van der Waals surface area (Å²) in [5, 5.41) is 13.3. The lowest BCUT2D eigenvalue weighted by Crippen LogP contribution is -2.40. The molecule has 2 N–H and O–H groups in total. The van der Waals surface area contributed by atoms with E-state index >= 15 is 0 Å². The van der Waals surface area contributed by atoms with Crippen molar-refractivity contribution in [3.63, 3.8) is 0 Å². The maximum atomic E-state index is 9.85. The molecule has 84 valence electrons. The lowest BCUT2D eigenvalue weighted by atomic mass is 9.89. The van der Waals surface area contributed by atoms with Gasteiger partial charge in [-0.2, -0.15) is 0 Å². The third kappa shape index (κ3) is 3.58. The highest BCUT2D eigenvalue weighted by Crippen LogP contribution is 2.25. The SMILES string of the molecule is CC1CCC(NCC(O)C(C)(C)C)C1. The third-order valence-corrected chi connectivity index (χ3v) is 3.29.